The fourth-order valence-electron chi connectivity index (χ4n) is 2.75. The first-order chi connectivity index (χ1) is 9.20. The molecule has 1 aromatic carbocycles. The van der Waals surface area contributed by atoms with Crippen LogP contribution in [0.15, 0.2) is 16.5 Å². The van der Waals surface area contributed by atoms with Crippen LogP contribution in [0.4, 0.5) is 0 Å². The summed E-state index contributed by atoms with van der Waals surface area (Å²) in [5, 5.41) is 4.82. The molecule has 0 saturated heterocycles. The average Bonchev–Trinajstić information content (AvgIpc) is 3.15. The summed E-state index contributed by atoms with van der Waals surface area (Å²) in [5.41, 5.74) is 5.22. The van der Waals surface area contributed by atoms with Crippen LogP contribution in [0.25, 0.3) is 11.0 Å². The molecule has 2 heteroatoms. The predicted molar refractivity (Wildman–Crippen MR) is 79.7 cm³/mol. The van der Waals surface area contributed by atoms with Crippen molar-refractivity contribution in [2.45, 2.75) is 52.5 Å². The van der Waals surface area contributed by atoms with Crippen molar-refractivity contribution in [3.05, 3.63) is 34.6 Å². The lowest BCUT2D eigenvalue weighted by atomic mass is 10.0. The van der Waals surface area contributed by atoms with Gasteiger partial charge in [0.25, 0.3) is 0 Å². The van der Waals surface area contributed by atoms with Crippen molar-refractivity contribution in [2.24, 2.45) is 0 Å². The van der Waals surface area contributed by atoms with E-state index in [-0.39, 0.29) is 0 Å². The molecule has 0 amide bonds. The molecule has 0 aliphatic heterocycles. The zero-order valence-electron chi connectivity index (χ0n) is 12.2. The highest BCUT2D eigenvalue weighted by Crippen LogP contribution is 2.46. The van der Waals surface area contributed by atoms with Crippen LogP contribution in [-0.4, -0.2) is 6.54 Å². The van der Waals surface area contributed by atoms with Gasteiger partial charge in [-0.15, -0.1) is 0 Å². The molecule has 1 aliphatic rings. The molecule has 3 rings (SSSR count). The summed E-state index contributed by atoms with van der Waals surface area (Å²) in [6, 6.07) is 4.50. The summed E-state index contributed by atoms with van der Waals surface area (Å²) in [6.45, 7) is 8.46. The Bertz CT molecular complexity index is 593. The SMILES string of the molecule is CCCNCc1oc2cc(C)c(C)cc2c1C1CC1. The average molecular weight is 257 g/mol. The molecule has 1 aliphatic carbocycles. The van der Waals surface area contributed by atoms with E-state index in [1.807, 2.05) is 0 Å². The summed E-state index contributed by atoms with van der Waals surface area (Å²) in [5.74, 6) is 1.90. The third kappa shape index (κ3) is 2.42. The topological polar surface area (TPSA) is 25.2 Å². The summed E-state index contributed by atoms with van der Waals surface area (Å²) in [6.07, 6.45) is 3.81. The van der Waals surface area contributed by atoms with Gasteiger partial charge in [-0.05, 0) is 68.8 Å². The zero-order chi connectivity index (χ0) is 13.4. The smallest absolute Gasteiger partial charge is 0.134 e. The second-order valence-electron chi connectivity index (χ2n) is 5.82. The molecule has 0 radical (unpaired) electrons. The van der Waals surface area contributed by atoms with Gasteiger partial charge < -0.3 is 9.73 Å². The molecule has 1 saturated carbocycles. The molecule has 102 valence electrons. The lowest BCUT2D eigenvalue weighted by molar-refractivity contribution is 0.507. The maximum atomic E-state index is 6.12. The van der Waals surface area contributed by atoms with E-state index in [0.29, 0.717) is 0 Å². The third-order valence-corrected chi connectivity index (χ3v) is 4.12. The first-order valence-electron chi connectivity index (χ1n) is 7.44. The van der Waals surface area contributed by atoms with Crippen molar-refractivity contribution >= 4 is 11.0 Å². The van der Waals surface area contributed by atoms with Crippen molar-refractivity contribution in [3.8, 4) is 0 Å². The van der Waals surface area contributed by atoms with Gasteiger partial charge >= 0.3 is 0 Å². The number of hydrogen-bond acceptors (Lipinski definition) is 2. The molecule has 19 heavy (non-hydrogen) atoms. The van der Waals surface area contributed by atoms with E-state index in [1.165, 1.54) is 34.9 Å². The van der Waals surface area contributed by atoms with Crippen LogP contribution >= 0.6 is 0 Å². The first kappa shape index (κ1) is 12.7. The first-order valence-corrected chi connectivity index (χ1v) is 7.44. The molecule has 1 heterocycles. The normalized spacial score (nSPS) is 15.3. The molecule has 2 aromatic rings. The number of nitrogens with one attached hydrogen (secondary N) is 1. The lowest BCUT2D eigenvalue weighted by Gasteiger charge is -2.03. The molecule has 1 N–H and O–H groups in total. The van der Waals surface area contributed by atoms with Gasteiger partial charge in [-0.2, -0.15) is 0 Å². The van der Waals surface area contributed by atoms with Crippen molar-refractivity contribution < 1.29 is 4.42 Å². The minimum absolute atomic E-state index is 0.738. The highest BCUT2D eigenvalue weighted by atomic mass is 16.3. The molecule has 1 aromatic heterocycles. The van der Waals surface area contributed by atoms with Crippen LogP contribution in [0.3, 0.4) is 0 Å². The second-order valence-corrected chi connectivity index (χ2v) is 5.82. The van der Waals surface area contributed by atoms with E-state index in [2.05, 4.69) is 38.2 Å². The fourth-order valence-corrected chi connectivity index (χ4v) is 2.75. The quantitative estimate of drug-likeness (QED) is 0.802. The van der Waals surface area contributed by atoms with E-state index in [1.54, 1.807) is 0 Å². The minimum Gasteiger partial charge on any atom is -0.459 e. The van der Waals surface area contributed by atoms with Gasteiger partial charge in [0.15, 0.2) is 0 Å². The van der Waals surface area contributed by atoms with E-state index >= 15 is 0 Å². The zero-order valence-corrected chi connectivity index (χ0v) is 12.2. The molecule has 0 spiro atoms. The molecule has 0 unspecified atom stereocenters. The largest absolute Gasteiger partial charge is 0.459 e. The van der Waals surface area contributed by atoms with Crippen LogP contribution < -0.4 is 5.32 Å². The highest BCUT2D eigenvalue weighted by molar-refractivity contribution is 5.85. The van der Waals surface area contributed by atoms with E-state index in [9.17, 15) is 0 Å². The van der Waals surface area contributed by atoms with Crippen molar-refractivity contribution in [1.29, 1.82) is 0 Å². The van der Waals surface area contributed by atoms with Gasteiger partial charge in [0.1, 0.15) is 11.3 Å². The van der Waals surface area contributed by atoms with Gasteiger partial charge in [0.2, 0.25) is 0 Å². The standard InChI is InChI=1S/C17H23NO/c1-4-7-18-10-16-17(13-5-6-13)14-8-11(2)12(3)9-15(14)19-16/h8-9,13,18H,4-7,10H2,1-3H3. The molecular weight excluding hydrogens is 234 g/mol. The summed E-state index contributed by atoms with van der Waals surface area (Å²) < 4.78 is 6.12. The van der Waals surface area contributed by atoms with Crippen LogP contribution in [-0.2, 0) is 6.54 Å². The molecule has 2 nitrogen and oxygen atoms in total. The van der Waals surface area contributed by atoms with Crippen molar-refractivity contribution in [2.75, 3.05) is 6.54 Å². The number of fused-ring (bicyclic) bond motifs is 1. The Morgan fingerprint density at radius 3 is 2.63 bits per heavy atom. The summed E-state index contributed by atoms with van der Waals surface area (Å²) in [7, 11) is 0. The van der Waals surface area contributed by atoms with Crippen LogP contribution in [0.5, 0.6) is 0 Å². The van der Waals surface area contributed by atoms with Crippen LogP contribution in [0.1, 0.15) is 54.6 Å². The number of aryl methyl sites for hydroxylation is 2. The highest BCUT2D eigenvalue weighted by Gasteiger charge is 2.30. The molecule has 1 fully saturated rings. The molecule has 0 atom stereocenters. The van der Waals surface area contributed by atoms with Gasteiger partial charge in [-0.3, -0.25) is 0 Å². The van der Waals surface area contributed by atoms with Crippen LogP contribution in [0.2, 0.25) is 0 Å². The Hall–Kier alpha value is -1.28. The number of rotatable bonds is 5. The fraction of sp³-hybridized carbons (Fsp3) is 0.529. The number of hydrogen-bond donors (Lipinski definition) is 1. The van der Waals surface area contributed by atoms with Crippen molar-refractivity contribution in [1.82, 2.24) is 5.32 Å². The van der Waals surface area contributed by atoms with E-state index < -0.39 is 0 Å². The Labute approximate surface area is 115 Å². The maximum Gasteiger partial charge on any atom is 0.134 e. The Morgan fingerprint density at radius 1 is 1.21 bits per heavy atom. The van der Waals surface area contributed by atoms with Crippen LogP contribution in [0, 0.1) is 13.8 Å². The molecular formula is C17H23NO. The lowest BCUT2D eigenvalue weighted by Crippen LogP contribution is -2.14. The van der Waals surface area contributed by atoms with Gasteiger partial charge in [-0.1, -0.05) is 6.92 Å². The predicted octanol–water partition coefficient (Wildman–Crippen LogP) is 4.43. The minimum atomic E-state index is 0.738. The monoisotopic (exact) mass is 257 g/mol. The van der Waals surface area contributed by atoms with Crippen molar-refractivity contribution in [3.63, 3.8) is 0 Å². The third-order valence-electron chi connectivity index (χ3n) is 4.12. The second kappa shape index (κ2) is 5.01. The Morgan fingerprint density at radius 2 is 1.95 bits per heavy atom. The van der Waals surface area contributed by atoms with E-state index in [4.69, 9.17) is 4.42 Å². The van der Waals surface area contributed by atoms with Gasteiger partial charge in [-0.25, -0.2) is 0 Å². The summed E-state index contributed by atoms with van der Waals surface area (Å²) in [4.78, 5) is 0. The number of furan rings is 1. The Kier molecular flexibility index (Phi) is 3.36. The maximum absolute atomic E-state index is 6.12. The summed E-state index contributed by atoms with van der Waals surface area (Å²) >= 11 is 0. The Balaban J connectivity index is 2.02. The number of benzene rings is 1. The molecule has 0 bridgehead atoms. The van der Waals surface area contributed by atoms with Gasteiger partial charge in [0.05, 0.1) is 6.54 Å². The van der Waals surface area contributed by atoms with Gasteiger partial charge in [0, 0.05) is 10.9 Å². The van der Waals surface area contributed by atoms with E-state index in [0.717, 1.165) is 36.8 Å².